The first kappa shape index (κ1) is 18.8. The largest absolute Gasteiger partial charge is 0.493 e. The van der Waals surface area contributed by atoms with E-state index in [1.807, 2.05) is 13.0 Å². The zero-order valence-corrected chi connectivity index (χ0v) is 14.3. The molecule has 5 nitrogen and oxygen atoms in total. The lowest BCUT2D eigenvalue weighted by molar-refractivity contribution is -0.118. The maximum atomic E-state index is 12.2. The van der Waals surface area contributed by atoms with Crippen molar-refractivity contribution >= 4 is 23.2 Å². The molecule has 1 amide bonds. The predicted octanol–water partition coefficient (Wildman–Crippen LogP) is 4.28. The minimum Gasteiger partial charge on any atom is -0.493 e. The SMILES string of the molecule is COc1cc(C)ccc1OCC(=O)Nc1ccc(OC(F)F)c(Cl)c1. The maximum Gasteiger partial charge on any atom is 0.387 e. The van der Waals surface area contributed by atoms with Crippen LogP contribution in [0.3, 0.4) is 0 Å². The fourth-order valence-corrected chi connectivity index (χ4v) is 2.23. The summed E-state index contributed by atoms with van der Waals surface area (Å²) in [5, 5.41) is 2.51. The second kappa shape index (κ2) is 8.53. The summed E-state index contributed by atoms with van der Waals surface area (Å²) in [6.07, 6.45) is 0. The number of hydrogen-bond acceptors (Lipinski definition) is 4. The van der Waals surface area contributed by atoms with Crippen LogP contribution in [0.4, 0.5) is 14.5 Å². The molecule has 0 bridgehead atoms. The van der Waals surface area contributed by atoms with Crippen LogP contribution < -0.4 is 19.5 Å². The molecule has 0 spiro atoms. The van der Waals surface area contributed by atoms with Gasteiger partial charge in [-0.05, 0) is 42.8 Å². The average Bonchev–Trinajstić information content (AvgIpc) is 2.55. The van der Waals surface area contributed by atoms with Gasteiger partial charge in [0.2, 0.25) is 0 Å². The molecular weight excluding hydrogens is 356 g/mol. The van der Waals surface area contributed by atoms with Crippen molar-refractivity contribution in [2.24, 2.45) is 0 Å². The molecule has 0 saturated carbocycles. The number of hydrogen-bond donors (Lipinski definition) is 1. The van der Waals surface area contributed by atoms with Crippen molar-refractivity contribution in [3.8, 4) is 17.2 Å². The molecule has 0 aromatic heterocycles. The second-order valence-electron chi connectivity index (χ2n) is 5.01. The van der Waals surface area contributed by atoms with Gasteiger partial charge >= 0.3 is 6.61 Å². The molecule has 1 N–H and O–H groups in total. The van der Waals surface area contributed by atoms with Gasteiger partial charge in [-0.15, -0.1) is 0 Å². The summed E-state index contributed by atoms with van der Waals surface area (Å²) in [7, 11) is 1.51. The van der Waals surface area contributed by atoms with E-state index in [9.17, 15) is 13.6 Å². The van der Waals surface area contributed by atoms with Crippen LogP contribution >= 0.6 is 11.6 Å². The maximum absolute atomic E-state index is 12.2. The number of carbonyl (C=O) groups excluding carboxylic acids is 1. The van der Waals surface area contributed by atoms with Crippen molar-refractivity contribution in [1.29, 1.82) is 0 Å². The Hall–Kier alpha value is -2.54. The molecule has 2 rings (SSSR count). The van der Waals surface area contributed by atoms with E-state index in [0.29, 0.717) is 17.2 Å². The van der Waals surface area contributed by atoms with Gasteiger partial charge in [-0.25, -0.2) is 0 Å². The number of ether oxygens (including phenoxy) is 3. The molecule has 134 valence electrons. The van der Waals surface area contributed by atoms with Gasteiger partial charge in [-0.1, -0.05) is 17.7 Å². The highest BCUT2D eigenvalue weighted by atomic mass is 35.5. The van der Waals surface area contributed by atoms with Crippen LogP contribution in [0.1, 0.15) is 5.56 Å². The molecule has 0 heterocycles. The highest BCUT2D eigenvalue weighted by Crippen LogP contribution is 2.29. The zero-order valence-electron chi connectivity index (χ0n) is 13.5. The van der Waals surface area contributed by atoms with E-state index in [0.717, 1.165) is 5.56 Å². The Morgan fingerprint density at radius 2 is 1.88 bits per heavy atom. The van der Waals surface area contributed by atoms with Gasteiger partial charge in [0.1, 0.15) is 5.75 Å². The Bertz CT molecular complexity index is 755. The molecule has 0 unspecified atom stereocenters. The normalized spacial score (nSPS) is 10.5. The Morgan fingerprint density at radius 1 is 1.16 bits per heavy atom. The summed E-state index contributed by atoms with van der Waals surface area (Å²) in [4.78, 5) is 12.0. The average molecular weight is 372 g/mol. The van der Waals surface area contributed by atoms with Crippen molar-refractivity contribution in [3.63, 3.8) is 0 Å². The molecule has 0 atom stereocenters. The smallest absolute Gasteiger partial charge is 0.387 e. The fourth-order valence-electron chi connectivity index (χ4n) is 2.00. The minimum atomic E-state index is -2.98. The van der Waals surface area contributed by atoms with Gasteiger partial charge in [0.25, 0.3) is 5.91 Å². The number of benzene rings is 2. The standard InChI is InChI=1S/C17H16ClF2NO4/c1-10-3-5-14(15(7-10)23-2)24-9-16(22)21-11-4-6-13(12(18)8-11)25-17(19)20/h3-8,17H,9H2,1-2H3,(H,21,22). The predicted molar refractivity (Wildman–Crippen MR) is 89.9 cm³/mol. The van der Waals surface area contributed by atoms with Crippen LogP contribution in [0.5, 0.6) is 17.2 Å². The zero-order chi connectivity index (χ0) is 18.4. The molecule has 0 aliphatic rings. The lowest BCUT2D eigenvalue weighted by atomic mass is 10.2. The van der Waals surface area contributed by atoms with Crippen molar-refractivity contribution in [1.82, 2.24) is 0 Å². The molecule has 0 fully saturated rings. The second-order valence-corrected chi connectivity index (χ2v) is 5.42. The first-order chi connectivity index (χ1) is 11.9. The number of amides is 1. The molecule has 2 aromatic rings. The number of rotatable bonds is 7. The van der Waals surface area contributed by atoms with E-state index in [2.05, 4.69) is 10.1 Å². The van der Waals surface area contributed by atoms with Crippen LogP contribution in [0.25, 0.3) is 0 Å². The molecule has 2 aromatic carbocycles. The van der Waals surface area contributed by atoms with Crippen molar-refractivity contribution in [2.45, 2.75) is 13.5 Å². The number of methoxy groups -OCH3 is 1. The first-order valence-corrected chi connectivity index (χ1v) is 7.58. The van der Waals surface area contributed by atoms with Gasteiger partial charge in [-0.3, -0.25) is 4.79 Å². The van der Waals surface area contributed by atoms with Crippen molar-refractivity contribution in [3.05, 3.63) is 47.0 Å². The third-order valence-corrected chi connectivity index (χ3v) is 3.40. The van der Waals surface area contributed by atoms with E-state index in [4.69, 9.17) is 21.1 Å². The number of alkyl halides is 2. The number of halogens is 3. The summed E-state index contributed by atoms with van der Waals surface area (Å²) in [5.41, 5.74) is 1.32. The molecule has 0 radical (unpaired) electrons. The van der Waals surface area contributed by atoms with Gasteiger partial charge in [0.05, 0.1) is 12.1 Å². The minimum absolute atomic E-state index is 0.0424. The van der Waals surface area contributed by atoms with Crippen molar-refractivity contribution in [2.75, 3.05) is 19.0 Å². The van der Waals surface area contributed by atoms with E-state index in [1.165, 1.54) is 25.3 Å². The lowest BCUT2D eigenvalue weighted by Crippen LogP contribution is -2.20. The molecule has 0 aliphatic heterocycles. The molecular formula is C17H16ClF2NO4. The summed E-state index contributed by atoms with van der Waals surface area (Å²) in [6, 6.07) is 9.27. The number of anilines is 1. The monoisotopic (exact) mass is 371 g/mol. The highest BCUT2D eigenvalue weighted by Gasteiger charge is 2.11. The van der Waals surface area contributed by atoms with Gasteiger partial charge in [0.15, 0.2) is 18.1 Å². The number of nitrogens with one attached hydrogen (secondary N) is 1. The van der Waals surface area contributed by atoms with Crippen LogP contribution in [0.2, 0.25) is 5.02 Å². The Morgan fingerprint density at radius 3 is 2.52 bits per heavy atom. The van der Waals surface area contributed by atoms with Crippen LogP contribution in [0, 0.1) is 6.92 Å². The summed E-state index contributed by atoms with van der Waals surface area (Å²) < 4.78 is 39.2. The number of carbonyl (C=O) groups is 1. The van der Waals surface area contributed by atoms with E-state index in [1.54, 1.807) is 12.1 Å². The number of aryl methyl sites for hydroxylation is 1. The third-order valence-electron chi connectivity index (χ3n) is 3.11. The lowest BCUT2D eigenvalue weighted by Gasteiger charge is -2.12. The third kappa shape index (κ3) is 5.49. The Balaban J connectivity index is 1.95. The highest BCUT2D eigenvalue weighted by molar-refractivity contribution is 6.32. The van der Waals surface area contributed by atoms with E-state index < -0.39 is 12.5 Å². The molecule has 25 heavy (non-hydrogen) atoms. The topological polar surface area (TPSA) is 56.8 Å². The van der Waals surface area contributed by atoms with Crippen LogP contribution in [-0.2, 0) is 4.79 Å². The first-order valence-electron chi connectivity index (χ1n) is 7.20. The fraction of sp³-hybridized carbons (Fsp3) is 0.235. The van der Waals surface area contributed by atoms with Crippen LogP contribution in [0.15, 0.2) is 36.4 Å². The molecule has 0 saturated heterocycles. The Kier molecular flexibility index (Phi) is 6.41. The molecule has 0 aliphatic carbocycles. The van der Waals surface area contributed by atoms with Gasteiger partial charge in [-0.2, -0.15) is 8.78 Å². The molecule has 8 heteroatoms. The Labute approximate surface area is 148 Å². The quantitative estimate of drug-likeness (QED) is 0.789. The summed E-state index contributed by atoms with van der Waals surface area (Å²) in [6.45, 7) is -1.33. The van der Waals surface area contributed by atoms with Gasteiger partial charge < -0.3 is 19.5 Å². The summed E-state index contributed by atoms with van der Waals surface area (Å²) in [5.74, 6) is 0.336. The summed E-state index contributed by atoms with van der Waals surface area (Å²) >= 11 is 5.83. The van der Waals surface area contributed by atoms with Crippen LogP contribution in [-0.4, -0.2) is 26.2 Å². The van der Waals surface area contributed by atoms with Crippen molar-refractivity contribution < 1.29 is 27.8 Å². The van der Waals surface area contributed by atoms with E-state index >= 15 is 0 Å². The van der Waals surface area contributed by atoms with E-state index in [-0.39, 0.29) is 17.4 Å². The van der Waals surface area contributed by atoms with Gasteiger partial charge in [0, 0.05) is 5.69 Å².